The van der Waals surface area contributed by atoms with E-state index in [1.54, 1.807) is 25.5 Å². The van der Waals surface area contributed by atoms with E-state index in [9.17, 15) is 0 Å². The molecule has 3 N–H and O–H groups in total. The molecular formula is C12H15N3O2S. The lowest BCUT2D eigenvalue weighted by Crippen LogP contribution is -2.24. The van der Waals surface area contributed by atoms with E-state index in [0.29, 0.717) is 18.1 Å². The van der Waals surface area contributed by atoms with E-state index in [1.807, 2.05) is 12.1 Å². The van der Waals surface area contributed by atoms with Crippen LogP contribution in [-0.4, -0.2) is 25.0 Å². The van der Waals surface area contributed by atoms with Crippen molar-refractivity contribution in [2.45, 2.75) is 0 Å². The summed E-state index contributed by atoms with van der Waals surface area (Å²) in [5, 5.41) is 3.98. The van der Waals surface area contributed by atoms with Crippen molar-refractivity contribution < 1.29 is 9.47 Å². The number of nitrogens with zero attached hydrogens (tertiary/aromatic N) is 1. The third kappa shape index (κ3) is 4.06. The average molecular weight is 265 g/mol. The van der Waals surface area contributed by atoms with Gasteiger partial charge in [0.05, 0.1) is 13.3 Å². The van der Waals surface area contributed by atoms with E-state index < -0.39 is 0 Å². The standard InChI is InChI=1S/C12H15N3O2S/c1-3-7-17-11-9(8-14-15-12(13)18)5-4-6-10(11)16-2/h3-6,8H,1,7H2,2H3,(H3,13,15,18). The number of rotatable bonds is 6. The van der Waals surface area contributed by atoms with E-state index in [0.717, 1.165) is 5.56 Å². The van der Waals surface area contributed by atoms with E-state index >= 15 is 0 Å². The summed E-state index contributed by atoms with van der Waals surface area (Å²) in [7, 11) is 1.57. The Balaban J connectivity index is 2.97. The quantitative estimate of drug-likeness (QED) is 0.352. The number of nitrogens with two attached hydrogens (primary N) is 1. The SMILES string of the molecule is C=CCOc1c(C=NNC(N)=S)cccc1OC. The van der Waals surface area contributed by atoms with Gasteiger partial charge in [0.25, 0.3) is 0 Å². The van der Waals surface area contributed by atoms with Crippen molar-refractivity contribution in [2.24, 2.45) is 10.8 Å². The third-order valence-electron chi connectivity index (χ3n) is 1.95. The highest BCUT2D eigenvalue weighted by Crippen LogP contribution is 2.29. The van der Waals surface area contributed by atoms with Crippen LogP contribution in [0.4, 0.5) is 0 Å². The highest BCUT2D eigenvalue weighted by atomic mass is 32.1. The van der Waals surface area contributed by atoms with Crippen LogP contribution in [0, 0.1) is 0 Å². The maximum Gasteiger partial charge on any atom is 0.184 e. The van der Waals surface area contributed by atoms with E-state index in [1.165, 1.54) is 0 Å². The molecule has 0 unspecified atom stereocenters. The Kier molecular flexibility index (Phi) is 5.66. The number of methoxy groups -OCH3 is 1. The summed E-state index contributed by atoms with van der Waals surface area (Å²) in [6, 6.07) is 5.48. The molecule has 0 saturated carbocycles. The summed E-state index contributed by atoms with van der Waals surface area (Å²) in [5.74, 6) is 1.21. The van der Waals surface area contributed by atoms with Gasteiger partial charge in [0.2, 0.25) is 0 Å². The summed E-state index contributed by atoms with van der Waals surface area (Å²) in [6.07, 6.45) is 3.21. The number of benzene rings is 1. The van der Waals surface area contributed by atoms with Gasteiger partial charge < -0.3 is 15.2 Å². The Labute approximate surface area is 111 Å². The van der Waals surface area contributed by atoms with Gasteiger partial charge in [0.1, 0.15) is 6.61 Å². The Morgan fingerprint density at radius 2 is 2.39 bits per heavy atom. The molecule has 18 heavy (non-hydrogen) atoms. The zero-order chi connectivity index (χ0) is 13.4. The molecule has 0 amide bonds. The first-order chi connectivity index (χ1) is 8.69. The molecule has 0 aliphatic heterocycles. The van der Waals surface area contributed by atoms with Crippen LogP contribution in [-0.2, 0) is 0 Å². The minimum absolute atomic E-state index is 0.0997. The van der Waals surface area contributed by atoms with Crippen molar-refractivity contribution in [2.75, 3.05) is 13.7 Å². The van der Waals surface area contributed by atoms with Gasteiger partial charge in [-0.05, 0) is 24.4 Å². The molecular weight excluding hydrogens is 250 g/mol. The van der Waals surface area contributed by atoms with Crippen LogP contribution >= 0.6 is 12.2 Å². The Hall–Kier alpha value is -2.08. The number of nitrogens with one attached hydrogen (secondary N) is 1. The second-order valence-electron chi connectivity index (χ2n) is 3.21. The van der Waals surface area contributed by atoms with Crippen molar-refractivity contribution in [3.8, 4) is 11.5 Å². The molecule has 0 spiro atoms. The molecule has 0 atom stereocenters. The Bertz CT molecular complexity index is 461. The molecule has 0 aliphatic carbocycles. The van der Waals surface area contributed by atoms with Gasteiger partial charge in [0.15, 0.2) is 16.6 Å². The van der Waals surface area contributed by atoms with Gasteiger partial charge in [-0.15, -0.1) is 0 Å². The summed E-state index contributed by atoms with van der Waals surface area (Å²) in [5.41, 5.74) is 8.50. The Morgan fingerprint density at radius 3 is 3.00 bits per heavy atom. The van der Waals surface area contributed by atoms with Crippen LogP contribution in [0.25, 0.3) is 0 Å². The monoisotopic (exact) mass is 265 g/mol. The number of ether oxygens (including phenoxy) is 2. The van der Waals surface area contributed by atoms with Gasteiger partial charge >= 0.3 is 0 Å². The van der Waals surface area contributed by atoms with E-state index in [2.05, 4.69) is 29.3 Å². The van der Waals surface area contributed by atoms with Crippen LogP contribution in [0.1, 0.15) is 5.56 Å². The molecule has 5 nitrogen and oxygen atoms in total. The molecule has 1 rings (SSSR count). The molecule has 1 aromatic rings. The van der Waals surface area contributed by atoms with E-state index in [4.69, 9.17) is 15.2 Å². The zero-order valence-corrected chi connectivity index (χ0v) is 10.9. The fraction of sp³-hybridized carbons (Fsp3) is 0.167. The fourth-order valence-electron chi connectivity index (χ4n) is 1.26. The first kappa shape index (κ1) is 14.0. The van der Waals surface area contributed by atoms with Crippen LogP contribution in [0.2, 0.25) is 0 Å². The second-order valence-corrected chi connectivity index (χ2v) is 3.65. The number of para-hydroxylation sites is 1. The summed E-state index contributed by atoms with van der Waals surface area (Å²) in [4.78, 5) is 0. The zero-order valence-electron chi connectivity index (χ0n) is 10.1. The first-order valence-electron chi connectivity index (χ1n) is 5.18. The number of hydrazone groups is 1. The van der Waals surface area contributed by atoms with Crippen molar-refractivity contribution in [3.05, 3.63) is 36.4 Å². The molecule has 1 aromatic carbocycles. The van der Waals surface area contributed by atoms with Gasteiger partial charge in [0, 0.05) is 5.56 Å². The lowest BCUT2D eigenvalue weighted by Gasteiger charge is -2.11. The first-order valence-corrected chi connectivity index (χ1v) is 5.59. The number of hydrogen-bond acceptors (Lipinski definition) is 4. The largest absolute Gasteiger partial charge is 0.493 e. The van der Waals surface area contributed by atoms with E-state index in [-0.39, 0.29) is 5.11 Å². The topological polar surface area (TPSA) is 68.9 Å². The minimum atomic E-state index is 0.0997. The van der Waals surface area contributed by atoms with Crippen LogP contribution < -0.4 is 20.6 Å². The normalized spacial score (nSPS) is 10.1. The van der Waals surface area contributed by atoms with Crippen molar-refractivity contribution in [1.29, 1.82) is 0 Å². The summed E-state index contributed by atoms with van der Waals surface area (Å²) in [6.45, 7) is 3.98. The summed E-state index contributed by atoms with van der Waals surface area (Å²) >= 11 is 4.65. The molecule has 0 saturated heterocycles. The van der Waals surface area contributed by atoms with Gasteiger partial charge in [-0.1, -0.05) is 18.7 Å². The van der Waals surface area contributed by atoms with Gasteiger partial charge in [-0.2, -0.15) is 5.10 Å². The summed E-state index contributed by atoms with van der Waals surface area (Å²) < 4.78 is 10.8. The second kappa shape index (κ2) is 7.29. The molecule has 0 aliphatic rings. The van der Waals surface area contributed by atoms with Gasteiger partial charge in [-0.3, -0.25) is 5.43 Å². The average Bonchev–Trinajstić information content (AvgIpc) is 2.36. The maximum absolute atomic E-state index is 5.54. The fourth-order valence-corrected chi connectivity index (χ4v) is 1.31. The molecule has 96 valence electrons. The highest BCUT2D eigenvalue weighted by Gasteiger charge is 2.08. The van der Waals surface area contributed by atoms with Crippen molar-refractivity contribution in [1.82, 2.24) is 5.43 Å². The molecule has 0 heterocycles. The molecule has 0 radical (unpaired) electrons. The van der Waals surface area contributed by atoms with Crippen molar-refractivity contribution in [3.63, 3.8) is 0 Å². The van der Waals surface area contributed by atoms with Gasteiger partial charge in [-0.25, -0.2) is 0 Å². The van der Waals surface area contributed by atoms with Crippen LogP contribution in [0.3, 0.4) is 0 Å². The smallest absolute Gasteiger partial charge is 0.184 e. The highest BCUT2D eigenvalue weighted by molar-refractivity contribution is 7.80. The lowest BCUT2D eigenvalue weighted by atomic mass is 10.2. The maximum atomic E-state index is 5.54. The molecule has 6 heteroatoms. The number of hydrogen-bond donors (Lipinski definition) is 2. The molecule has 0 fully saturated rings. The molecule has 0 bridgehead atoms. The molecule has 0 aromatic heterocycles. The number of thiocarbonyl (C=S) groups is 1. The minimum Gasteiger partial charge on any atom is -0.493 e. The van der Waals surface area contributed by atoms with Crippen LogP contribution in [0.15, 0.2) is 36.0 Å². The Morgan fingerprint density at radius 1 is 1.61 bits per heavy atom. The van der Waals surface area contributed by atoms with Crippen molar-refractivity contribution >= 4 is 23.5 Å². The lowest BCUT2D eigenvalue weighted by molar-refractivity contribution is 0.326. The predicted molar refractivity (Wildman–Crippen MR) is 76.2 cm³/mol. The predicted octanol–water partition coefficient (Wildman–Crippen LogP) is 1.43. The third-order valence-corrected chi connectivity index (χ3v) is 2.04. The van der Waals surface area contributed by atoms with Crippen LogP contribution in [0.5, 0.6) is 11.5 Å².